The van der Waals surface area contributed by atoms with Crippen molar-refractivity contribution in [3.05, 3.63) is 25.3 Å². The van der Waals surface area contributed by atoms with E-state index in [1.54, 1.807) is 22.7 Å². The molecule has 2 bridgehead atoms. The molecule has 0 aromatic carbocycles. The minimum absolute atomic E-state index is 0.00683. The zero-order valence-corrected chi connectivity index (χ0v) is 23.9. The van der Waals surface area contributed by atoms with Crippen molar-refractivity contribution in [2.75, 3.05) is 19.8 Å². The molecule has 3 heterocycles. The molecular weight excluding hydrogens is 488 g/mol. The van der Waals surface area contributed by atoms with Gasteiger partial charge in [0.15, 0.2) is 0 Å². The Morgan fingerprint density at radius 3 is 2.59 bits per heavy atom. The summed E-state index contributed by atoms with van der Waals surface area (Å²) in [7, 11) is 0. The van der Waals surface area contributed by atoms with Crippen LogP contribution in [-0.4, -0.2) is 80.1 Å². The van der Waals surface area contributed by atoms with E-state index < -0.39 is 33.4 Å². The van der Waals surface area contributed by atoms with E-state index >= 15 is 0 Å². The fourth-order valence-corrected chi connectivity index (χ4v) is 9.14. The van der Waals surface area contributed by atoms with Gasteiger partial charge in [-0.3, -0.25) is 14.4 Å². The number of carbonyl (C=O) groups excluding carboxylic acids is 3. The number of rotatable bonds is 15. The normalized spacial score (nSPS) is 31.6. The first kappa shape index (κ1) is 29.8. The first-order chi connectivity index (χ1) is 17.7. The number of likely N-dealkylation sites (tertiary alicyclic amines) is 1. The maximum absolute atomic E-state index is 14.4. The van der Waals surface area contributed by atoms with Gasteiger partial charge >= 0.3 is 5.97 Å². The van der Waals surface area contributed by atoms with Crippen LogP contribution in [0.2, 0.25) is 0 Å². The number of nitrogens with zero attached hydrogens (tertiary/aromatic N) is 2. The Balaban J connectivity index is 2.00. The molecule has 3 saturated heterocycles. The van der Waals surface area contributed by atoms with Gasteiger partial charge in [0.2, 0.25) is 11.8 Å². The number of allylic oxidation sites excluding steroid dienone is 1. The number of aliphatic hydroxyl groups excluding tert-OH is 1. The van der Waals surface area contributed by atoms with Crippen molar-refractivity contribution >= 4 is 29.5 Å². The highest BCUT2D eigenvalue weighted by Crippen LogP contribution is 2.71. The van der Waals surface area contributed by atoms with Gasteiger partial charge in [-0.05, 0) is 58.8 Å². The van der Waals surface area contributed by atoms with Gasteiger partial charge in [-0.1, -0.05) is 32.4 Å². The molecule has 3 aliphatic heterocycles. The number of carbonyl (C=O) groups is 3. The van der Waals surface area contributed by atoms with E-state index in [2.05, 4.69) is 27.0 Å². The van der Waals surface area contributed by atoms with Crippen molar-refractivity contribution < 1.29 is 24.2 Å². The molecule has 1 N–H and O–H groups in total. The molecule has 0 aliphatic carbocycles. The third-order valence-corrected chi connectivity index (χ3v) is 10.7. The van der Waals surface area contributed by atoms with Crippen LogP contribution < -0.4 is 0 Å². The van der Waals surface area contributed by atoms with Gasteiger partial charge in [0.1, 0.15) is 6.04 Å². The van der Waals surface area contributed by atoms with Gasteiger partial charge in [0.25, 0.3) is 0 Å². The lowest BCUT2D eigenvalue weighted by Gasteiger charge is -2.41. The molecule has 3 fully saturated rings. The third kappa shape index (κ3) is 5.25. The van der Waals surface area contributed by atoms with Crippen molar-refractivity contribution in [3.8, 4) is 0 Å². The second kappa shape index (κ2) is 12.4. The van der Waals surface area contributed by atoms with E-state index in [0.717, 1.165) is 38.5 Å². The Labute approximate surface area is 227 Å². The Hall–Kier alpha value is -1.80. The lowest BCUT2D eigenvalue weighted by atomic mass is 9.66. The van der Waals surface area contributed by atoms with Crippen molar-refractivity contribution in [3.63, 3.8) is 0 Å². The highest BCUT2D eigenvalue weighted by molar-refractivity contribution is 8.02. The lowest BCUT2D eigenvalue weighted by Crippen LogP contribution is -2.58. The summed E-state index contributed by atoms with van der Waals surface area (Å²) in [6.45, 7) is 16.2. The number of thioether (sulfide) groups is 1. The van der Waals surface area contributed by atoms with Gasteiger partial charge in [-0.2, -0.15) is 0 Å². The zero-order valence-electron chi connectivity index (χ0n) is 23.1. The van der Waals surface area contributed by atoms with Gasteiger partial charge in [-0.25, -0.2) is 0 Å². The predicted molar refractivity (Wildman–Crippen MR) is 148 cm³/mol. The molecule has 0 aromatic heterocycles. The van der Waals surface area contributed by atoms with E-state index in [1.807, 2.05) is 24.8 Å². The van der Waals surface area contributed by atoms with Crippen LogP contribution in [0.4, 0.5) is 0 Å². The van der Waals surface area contributed by atoms with Crippen LogP contribution in [0.25, 0.3) is 0 Å². The maximum Gasteiger partial charge on any atom is 0.311 e. The molecule has 208 valence electrons. The summed E-state index contributed by atoms with van der Waals surface area (Å²) in [5.74, 6) is -1.85. The Morgan fingerprint density at radius 2 is 2.00 bits per heavy atom. The van der Waals surface area contributed by atoms with Gasteiger partial charge in [0, 0.05) is 17.3 Å². The monoisotopic (exact) mass is 534 g/mol. The summed E-state index contributed by atoms with van der Waals surface area (Å²) < 4.78 is 4.57. The second-order valence-corrected chi connectivity index (χ2v) is 13.0. The van der Waals surface area contributed by atoms with Crippen LogP contribution in [0.1, 0.15) is 79.1 Å². The molecule has 2 amide bonds. The molecule has 37 heavy (non-hydrogen) atoms. The van der Waals surface area contributed by atoms with Crippen LogP contribution in [-0.2, 0) is 19.1 Å². The molecule has 0 saturated carbocycles. The van der Waals surface area contributed by atoms with Crippen LogP contribution in [0.5, 0.6) is 0 Å². The predicted octanol–water partition coefficient (Wildman–Crippen LogP) is 4.34. The standard InChI is InChI=1S/C29H46N2O5S/c1-7-11-12-13-18-36-27(35)23-22-25(33)31(21(10-4)19-32)24(29(22)16-15-28(23,6)37-29)26(34)30(17-9-3)20(5)14-8-2/h7,9,20-24,32H,1,3,8,10-19H2,2,4-6H3/t20?,21-,22-,23+,24?,28-,29?/m0/s1. The molecular formula is C29H46N2O5S. The van der Waals surface area contributed by atoms with Gasteiger partial charge < -0.3 is 19.6 Å². The van der Waals surface area contributed by atoms with E-state index in [1.165, 1.54) is 0 Å². The fourth-order valence-electron chi connectivity index (χ4n) is 6.82. The number of fused-ring (bicyclic) bond motifs is 1. The minimum Gasteiger partial charge on any atom is -0.465 e. The van der Waals surface area contributed by atoms with Gasteiger partial charge in [0.05, 0.1) is 35.8 Å². The lowest BCUT2D eigenvalue weighted by molar-refractivity contribution is -0.156. The molecule has 8 heteroatoms. The third-order valence-electron chi connectivity index (χ3n) is 8.67. The van der Waals surface area contributed by atoms with Crippen molar-refractivity contribution in [2.24, 2.45) is 11.8 Å². The van der Waals surface area contributed by atoms with E-state index in [9.17, 15) is 19.5 Å². The van der Waals surface area contributed by atoms with Crippen molar-refractivity contribution in [2.45, 2.75) is 107 Å². The maximum atomic E-state index is 14.4. The summed E-state index contributed by atoms with van der Waals surface area (Å²) in [6, 6.07) is -1.21. The summed E-state index contributed by atoms with van der Waals surface area (Å²) in [5.41, 5.74) is 0. The smallest absolute Gasteiger partial charge is 0.311 e. The Morgan fingerprint density at radius 1 is 1.27 bits per heavy atom. The average molecular weight is 535 g/mol. The number of unbranched alkanes of at least 4 members (excludes halogenated alkanes) is 2. The molecule has 1 spiro atoms. The van der Waals surface area contributed by atoms with Gasteiger partial charge in [-0.15, -0.1) is 24.9 Å². The quantitative estimate of drug-likeness (QED) is 0.191. The number of ether oxygens (including phenoxy) is 1. The number of aliphatic hydroxyl groups is 1. The molecule has 3 unspecified atom stereocenters. The SMILES string of the molecule is C=CCCCCOC(=O)[C@H]1[C@H]2C(=O)N([C@@H](CC)CO)C(C(=O)N(CC=C)C(C)CCC)C23CC[C@]1(C)S3. The average Bonchev–Trinajstić information content (AvgIpc) is 3.44. The minimum atomic E-state index is -0.724. The summed E-state index contributed by atoms with van der Waals surface area (Å²) in [6.07, 6.45) is 9.85. The summed E-state index contributed by atoms with van der Waals surface area (Å²) in [4.78, 5) is 45.5. The highest BCUT2D eigenvalue weighted by atomic mass is 32.2. The molecule has 7 nitrogen and oxygen atoms in total. The highest BCUT2D eigenvalue weighted by Gasteiger charge is 2.78. The first-order valence-electron chi connectivity index (χ1n) is 14.0. The first-order valence-corrected chi connectivity index (χ1v) is 14.8. The van der Waals surface area contributed by atoms with Crippen LogP contribution in [0.3, 0.4) is 0 Å². The number of amides is 2. The molecule has 3 aliphatic rings. The molecule has 3 rings (SSSR count). The fraction of sp³-hybridized carbons (Fsp3) is 0.759. The largest absolute Gasteiger partial charge is 0.465 e. The van der Waals surface area contributed by atoms with Crippen molar-refractivity contribution in [1.82, 2.24) is 9.80 Å². The zero-order chi connectivity index (χ0) is 27.4. The molecule has 0 aromatic rings. The van der Waals surface area contributed by atoms with Crippen LogP contribution in [0.15, 0.2) is 25.3 Å². The second-order valence-electron chi connectivity index (χ2n) is 11.1. The van der Waals surface area contributed by atoms with Crippen molar-refractivity contribution in [1.29, 1.82) is 0 Å². The summed E-state index contributed by atoms with van der Waals surface area (Å²) in [5, 5.41) is 10.2. The van der Waals surface area contributed by atoms with E-state index in [0.29, 0.717) is 26.0 Å². The topological polar surface area (TPSA) is 87.1 Å². The number of hydrogen-bond acceptors (Lipinski definition) is 6. The number of esters is 1. The Kier molecular flexibility index (Phi) is 9.95. The summed E-state index contributed by atoms with van der Waals surface area (Å²) >= 11 is 1.65. The Bertz CT molecular complexity index is 876. The molecule has 0 radical (unpaired) electrons. The van der Waals surface area contributed by atoms with Crippen LogP contribution >= 0.6 is 11.8 Å². The van der Waals surface area contributed by atoms with E-state index in [4.69, 9.17) is 4.74 Å². The van der Waals surface area contributed by atoms with E-state index in [-0.39, 0.29) is 30.4 Å². The van der Waals surface area contributed by atoms with Crippen LogP contribution in [0, 0.1) is 11.8 Å². The number of hydrogen-bond donors (Lipinski definition) is 1. The molecule has 7 atom stereocenters.